The number of carbonyl (C=O) groups excluding carboxylic acids is 4. The Morgan fingerprint density at radius 3 is 1.40 bits per heavy atom. The molecule has 178 valence electrons. The normalized spacial score (nSPS) is 21.3. The zero-order valence-corrected chi connectivity index (χ0v) is 18.7. The zero-order valence-electron chi connectivity index (χ0n) is 18.7. The fourth-order valence-electron chi connectivity index (χ4n) is 3.59. The summed E-state index contributed by atoms with van der Waals surface area (Å²) in [5.74, 6) is -3.23. The fourth-order valence-corrected chi connectivity index (χ4v) is 3.59. The summed E-state index contributed by atoms with van der Waals surface area (Å²) in [5.41, 5.74) is 0.646. The Balaban J connectivity index is 1.64. The highest BCUT2D eigenvalue weighted by molar-refractivity contribution is 5.93. The summed E-state index contributed by atoms with van der Waals surface area (Å²) in [4.78, 5) is 51.1. The van der Waals surface area contributed by atoms with Crippen molar-refractivity contribution in [1.29, 1.82) is 0 Å². The van der Waals surface area contributed by atoms with E-state index in [0.29, 0.717) is 0 Å². The number of benzene rings is 3. The molecule has 0 spiro atoms. The van der Waals surface area contributed by atoms with Crippen LogP contribution in [-0.2, 0) is 23.7 Å². The van der Waals surface area contributed by atoms with Crippen LogP contribution in [0.1, 0.15) is 38.0 Å². The number of hydrogen-bond acceptors (Lipinski definition) is 8. The van der Waals surface area contributed by atoms with Crippen LogP contribution in [0.5, 0.6) is 0 Å². The van der Waals surface area contributed by atoms with E-state index in [4.69, 9.17) is 18.9 Å². The van der Waals surface area contributed by atoms with Crippen LogP contribution in [0.4, 0.5) is 0 Å². The summed E-state index contributed by atoms with van der Waals surface area (Å²) in [6.45, 7) is 1.50. The molecule has 1 fully saturated rings. The van der Waals surface area contributed by atoms with Crippen LogP contribution in [0.2, 0.25) is 0 Å². The third-order valence-corrected chi connectivity index (χ3v) is 5.37. The van der Waals surface area contributed by atoms with Crippen molar-refractivity contribution < 1.29 is 38.1 Å². The number of rotatable bonds is 6. The number of esters is 4. The largest absolute Gasteiger partial charge is 0.456 e. The predicted molar refractivity (Wildman–Crippen MR) is 122 cm³/mol. The molecular weight excluding hydrogens is 452 g/mol. The van der Waals surface area contributed by atoms with Crippen LogP contribution in [0.15, 0.2) is 91.0 Å². The quantitative estimate of drug-likeness (QED) is 0.394. The van der Waals surface area contributed by atoms with Gasteiger partial charge in [-0.2, -0.15) is 0 Å². The molecule has 0 bridgehead atoms. The van der Waals surface area contributed by atoms with Gasteiger partial charge in [0.15, 0.2) is 12.2 Å². The molecule has 8 heteroatoms. The minimum absolute atomic E-state index is 0.185. The summed E-state index contributed by atoms with van der Waals surface area (Å²) in [7, 11) is 0. The van der Waals surface area contributed by atoms with Gasteiger partial charge in [-0.15, -0.1) is 0 Å². The highest BCUT2D eigenvalue weighted by atomic mass is 16.7. The molecule has 1 aliphatic heterocycles. The van der Waals surface area contributed by atoms with Crippen LogP contribution in [0, 0.1) is 0 Å². The minimum Gasteiger partial charge on any atom is -0.456 e. The van der Waals surface area contributed by atoms with Crippen LogP contribution in [-0.4, -0.2) is 48.3 Å². The molecule has 0 aliphatic carbocycles. The van der Waals surface area contributed by atoms with Gasteiger partial charge in [0.05, 0.1) is 16.7 Å². The van der Waals surface area contributed by atoms with E-state index in [2.05, 4.69) is 0 Å². The molecule has 3 aromatic carbocycles. The fraction of sp³-hybridized carbons (Fsp3) is 0.185. The number of cyclic esters (lactones) is 1. The average Bonchev–Trinajstić information content (AvgIpc) is 2.89. The molecule has 35 heavy (non-hydrogen) atoms. The van der Waals surface area contributed by atoms with Crippen LogP contribution >= 0.6 is 0 Å². The van der Waals surface area contributed by atoms with E-state index in [1.807, 2.05) is 0 Å². The van der Waals surface area contributed by atoms with E-state index < -0.39 is 48.3 Å². The van der Waals surface area contributed by atoms with E-state index in [-0.39, 0.29) is 16.7 Å². The molecular formula is C27H22O8. The first-order valence-corrected chi connectivity index (χ1v) is 10.9. The van der Waals surface area contributed by atoms with Gasteiger partial charge in [-0.1, -0.05) is 54.6 Å². The van der Waals surface area contributed by atoms with Gasteiger partial charge in [0.25, 0.3) is 0 Å². The predicted octanol–water partition coefficient (Wildman–Crippen LogP) is 3.61. The lowest BCUT2D eigenvalue weighted by atomic mass is 9.99. The Kier molecular flexibility index (Phi) is 7.21. The monoisotopic (exact) mass is 474 g/mol. The van der Waals surface area contributed by atoms with E-state index in [1.54, 1.807) is 66.7 Å². The van der Waals surface area contributed by atoms with Crippen LogP contribution in [0.3, 0.4) is 0 Å². The van der Waals surface area contributed by atoms with Crippen molar-refractivity contribution in [2.75, 3.05) is 0 Å². The summed E-state index contributed by atoms with van der Waals surface area (Å²) in [6, 6.07) is 24.3. The van der Waals surface area contributed by atoms with Crippen LogP contribution < -0.4 is 0 Å². The molecule has 4 rings (SSSR count). The topological polar surface area (TPSA) is 105 Å². The van der Waals surface area contributed by atoms with Crippen molar-refractivity contribution in [2.24, 2.45) is 0 Å². The molecule has 0 N–H and O–H groups in total. The maximum atomic E-state index is 12.9. The molecule has 0 saturated carbocycles. The van der Waals surface area contributed by atoms with Gasteiger partial charge >= 0.3 is 23.9 Å². The minimum atomic E-state index is -1.65. The van der Waals surface area contributed by atoms with Gasteiger partial charge in [-0.05, 0) is 43.3 Å². The number of carbonyl (C=O) groups is 4. The first kappa shape index (κ1) is 23.7. The van der Waals surface area contributed by atoms with Gasteiger partial charge < -0.3 is 18.9 Å². The maximum absolute atomic E-state index is 12.9. The van der Waals surface area contributed by atoms with Gasteiger partial charge in [0, 0.05) is 0 Å². The molecule has 0 aromatic heterocycles. The Labute approximate surface area is 201 Å². The Hall–Kier alpha value is -4.46. The number of hydrogen-bond donors (Lipinski definition) is 0. The first-order valence-electron chi connectivity index (χ1n) is 10.9. The lowest BCUT2D eigenvalue weighted by Crippen LogP contribution is -2.59. The molecule has 1 heterocycles. The zero-order chi connectivity index (χ0) is 24.8. The van der Waals surface area contributed by atoms with Crippen molar-refractivity contribution in [3.05, 3.63) is 108 Å². The Bertz CT molecular complexity index is 1190. The van der Waals surface area contributed by atoms with Crippen molar-refractivity contribution in [2.45, 2.75) is 31.3 Å². The summed E-state index contributed by atoms with van der Waals surface area (Å²) < 4.78 is 22.0. The van der Waals surface area contributed by atoms with Crippen molar-refractivity contribution in [3.8, 4) is 0 Å². The van der Waals surface area contributed by atoms with E-state index in [9.17, 15) is 19.2 Å². The molecule has 4 atom stereocenters. The summed E-state index contributed by atoms with van der Waals surface area (Å²) in [5, 5.41) is 0. The molecule has 1 aliphatic rings. The molecule has 1 saturated heterocycles. The lowest BCUT2D eigenvalue weighted by molar-refractivity contribution is -0.200. The van der Waals surface area contributed by atoms with Gasteiger partial charge in [-0.25, -0.2) is 19.2 Å². The SMILES string of the molecule is CC1OC(=O)C(OC(=O)c2ccccc2)[C@H](OC(=O)c2ccccc2)[C@H]1OC(=O)c1ccccc1. The summed E-state index contributed by atoms with van der Waals surface area (Å²) >= 11 is 0. The third kappa shape index (κ3) is 5.55. The van der Waals surface area contributed by atoms with E-state index in [0.717, 1.165) is 0 Å². The van der Waals surface area contributed by atoms with Crippen molar-refractivity contribution in [1.82, 2.24) is 0 Å². The molecule has 0 amide bonds. The average molecular weight is 474 g/mol. The Morgan fingerprint density at radius 1 is 0.600 bits per heavy atom. The highest BCUT2D eigenvalue weighted by Crippen LogP contribution is 2.27. The molecule has 3 aromatic rings. The number of ether oxygens (including phenoxy) is 4. The van der Waals surface area contributed by atoms with E-state index in [1.165, 1.54) is 31.2 Å². The smallest absolute Gasteiger partial charge is 0.352 e. The van der Waals surface area contributed by atoms with Gasteiger partial charge in [-0.3, -0.25) is 0 Å². The molecule has 0 radical (unpaired) electrons. The Morgan fingerprint density at radius 2 is 0.971 bits per heavy atom. The van der Waals surface area contributed by atoms with E-state index >= 15 is 0 Å². The molecule has 2 unspecified atom stereocenters. The second-order valence-corrected chi connectivity index (χ2v) is 7.81. The van der Waals surface area contributed by atoms with Crippen molar-refractivity contribution in [3.63, 3.8) is 0 Å². The van der Waals surface area contributed by atoms with Crippen molar-refractivity contribution >= 4 is 23.9 Å². The standard InChI is InChI=1S/C27H22O8/c1-17-21(33-24(28)18-11-5-2-6-12-18)22(34-25(29)19-13-7-3-8-14-19)23(27(31)32-17)35-26(30)20-15-9-4-10-16-20/h2-17,21-23H,1H3/t17?,21-,22+,23?/m0/s1. The third-order valence-electron chi connectivity index (χ3n) is 5.37. The van der Waals surface area contributed by atoms with Crippen LogP contribution in [0.25, 0.3) is 0 Å². The highest BCUT2D eigenvalue weighted by Gasteiger charge is 2.51. The van der Waals surface area contributed by atoms with Gasteiger partial charge in [0.1, 0.15) is 6.10 Å². The second kappa shape index (κ2) is 10.6. The second-order valence-electron chi connectivity index (χ2n) is 7.81. The maximum Gasteiger partial charge on any atom is 0.352 e. The van der Waals surface area contributed by atoms with Gasteiger partial charge in [0.2, 0.25) is 6.10 Å². The first-order chi connectivity index (χ1) is 16.9. The lowest BCUT2D eigenvalue weighted by Gasteiger charge is -2.38. The molecule has 8 nitrogen and oxygen atoms in total. The summed E-state index contributed by atoms with van der Waals surface area (Å²) in [6.07, 6.45) is -5.31.